The van der Waals surface area contributed by atoms with Crippen LogP contribution in [0.2, 0.25) is 0 Å². The van der Waals surface area contributed by atoms with E-state index in [0.717, 1.165) is 11.1 Å². The number of piperazine rings is 1. The Morgan fingerprint density at radius 3 is 2.18 bits per heavy atom. The molecule has 0 aliphatic carbocycles. The highest BCUT2D eigenvalue weighted by atomic mass is 19.1. The summed E-state index contributed by atoms with van der Waals surface area (Å²) in [6.07, 6.45) is 0. The number of carbonyl (C=O) groups excluding carboxylic acids is 1. The van der Waals surface area contributed by atoms with Gasteiger partial charge in [0.25, 0.3) is 5.56 Å². The van der Waals surface area contributed by atoms with Gasteiger partial charge in [-0.15, -0.1) is 0 Å². The fourth-order valence-corrected chi connectivity index (χ4v) is 5.75. The first kappa shape index (κ1) is 24.7. The lowest BCUT2D eigenvalue weighted by molar-refractivity contribution is -0.119. The van der Waals surface area contributed by atoms with Gasteiger partial charge < -0.3 is 14.8 Å². The van der Waals surface area contributed by atoms with E-state index in [-0.39, 0.29) is 53.1 Å². The number of aryl methyl sites for hydroxylation is 1. The van der Waals surface area contributed by atoms with Crippen molar-refractivity contribution in [3.63, 3.8) is 0 Å². The number of nitriles is 1. The van der Waals surface area contributed by atoms with E-state index < -0.39 is 6.04 Å². The lowest BCUT2D eigenvalue weighted by atomic mass is 9.92. The molecule has 1 amide bonds. The molecule has 6 rings (SSSR count). The molecule has 0 spiro atoms. The minimum absolute atomic E-state index is 0.140. The molecule has 2 aliphatic rings. The van der Waals surface area contributed by atoms with Crippen molar-refractivity contribution < 1.29 is 13.6 Å². The molecule has 0 radical (unpaired) electrons. The maximum Gasteiger partial charge on any atom is 0.276 e. The first-order valence-corrected chi connectivity index (χ1v) is 12.5. The van der Waals surface area contributed by atoms with Gasteiger partial charge in [0.1, 0.15) is 40.6 Å². The molecule has 2 atom stereocenters. The van der Waals surface area contributed by atoms with E-state index in [1.165, 1.54) is 28.8 Å². The third-order valence-corrected chi connectivity index (χ3v) is 7.66. The van der Waals surface area contributed by atoms with Crippen LogP contribution in [0.25, 0.3) is 11.0 Å². The Hall–Kier alpha value is -4.62. The first-order chi connectivity index (χ1) is 18.8. The minimum atomic E-state index is -0.667. The molecule has 196 valence electrons. The molecule has 0 bridgehead atoms. The molecule has 1 saturated heterocycles. The van der Waals surface area contributed by atoms with E-state index in [2.05, 4.69) is 15.2 Å². The summed E-state index contributed by atoms with van der Waals surface area (Å²) in [5.74, 6) is -1.06. The normalized spacial score (nSPS) is 19.0. The van der Waals surface area contributed by atoms with Crippen LogP contribution in [-0.2, 0) is 11.8 Å². The van der Waals surface area contributed by atoms with Gasteiger partial charge >= 0.3 is 0 Å². The number of fused-ring (bicyclic) bond motifs is 5. The first-order valence-electron chi connectivity index (χ1n) is 12.5. The predicted octanol–water partition coefficient (Wildman–Crippen LogP) is 3.70. The summed E-state index contributed by atoms with van der Waals surface area (Å²) in [4.78, 5) is 35.3. The van der Waals surface area contributed by atoms with Crippen molar-refractivity contribution in [2.24, 2.45) is 7.05 Å². The van der Waals surface area contributed by atoms with Gasteiger partial charge in [-0.2, -0.15) is 5.26 Å². The number of hydrogen-bond acceptors (Lipinski definition) is 6. The number of benzene rings is 2. The van der Waals surface area contributed by atoms with Gasteiger partial charge in [-0.1, -0.05) is 24.3 Å². The third-order valence-electron chi connectivity index (χ3n) is 7.66. The highest BCUT2D eigenvalue weighted by Crippen LogP contribution is 2.40. The molecular formula is C29H24F2N6O2. The molecule has 2 aliphatic heterocycles. The maximum atomic E-state index is 13.8. The summed E-state index contributed by atoms with van der Waals surface area (Å²) in [7, 11) is 1.60. The summed E-state index contributed by atoms with van der Waals surface area (Å²) >= 11 is 0. The average Bonchev–Trinajstić information content (AvgIpc) is 2.94. The highest BCUT2D eigenvalue weighted by molar-refractivity contribution is 6.09. The Morgan fingerprint density at radius 2 is 1.59 bits per heavy atom. The molecule has 39 heavy (non-hydrogen) atoms. The zero-order valence-corrected chi connectivity index (χ0v) is 21.2. The second-order valence-electron chi connectivity index (χ2n) is 9.97. The molecule has 10 heteroatoms. The molecule has 1 N–H and O–H groups in total. The molecule has 2 aromatic heterocycles. The van der Waals surface area contributed by atoms with Crippen molar-refractivity contribution in [2.75, 3.05) is 23.3 Å². The van der Waals surface area contributed by atoms with E-state index in [1.807, 2.05) is 17.9 Å². The van der Waals surface area contributed by atoms with Crippen LogP contribution in [0.3, 0.4) is 0 Å². The molecule has 2 aromatic carbocycles. The van der Waals surface area contributed by atoms with Crippen molar-refractivity contribution >= 4 is 28.3 Å². The second kappa shape index (κ2) is 9.29. The van der Waals surface area contributed by atoms with Crippen LogP contribution in [-0.4, -0.2) is 45.5 Å². The Labute approximate surface area is 222 Å². The molecule has 0 unspecified atom stereocenters. The summed E-state index contributed by atoms with van der Waals surface area (Å²) in [6.45, 7) is 2.67. The van der Waals surface area contributed by atoms with Gasteiger partial charge in [-0.05, 0) is 54.4 Å². The molecule has 0 saturated carbocycles. The molecular weight excluding hydrogens is 502 g/mol. The van der Waals surface area contributed by atoms with Gasteiger partial charge in [0.05, 0.1) is 17.2 Å². The number of hydrogen-bond donors (Lipinski definition) is 1. The molecule has 1 fully saturated rings. The quantitative estimate of drug-likeness (QED) is 0.438. The topological polar surface area (TPSA) is 94.3 Å². The van der Waals surface area contributed by atoms with Crippen molar-refractivity contribution in [3.8, 4) is 6.07 Å². The largest absolute Gasteiger partial charge is 0.353 e. The SMILES string of the molecule is C[C@@H]1CN2c3c(c(=O)n(C)c4ccc(C#N)nc34)NC(=O)[C@H]2CN1C(c1ccc(F)cc1)c1ccc(F)cc1. The lowest BCUT2D eigenvalue weighted by Gasteiger charge is -2.50. The van der Waals surface area contributed by atoms with Gasteiger partial charge in [0.2, 0.25) is 5.91 Å². The fraction of sp³-hybridized carbons (Fsp3) is 0.241. The van der Waals surface area contributed by atoms with E-state index in [9.17, 15) is 23.6 Å². The number of amides is 1. The van der Waals surface area contributed by atoms with Crippen LogP contribution >= 0.6 is 0 Å². The number of rotatable bonds is 3. The molecule has 4 aromatic rings. The number of halogens is 2. The van der Waals surface area contributed by atoms with Crippen LogP contribution in [0, 0.1) is 23.0 Å². The summed E-state index contributed by atoms with van der Waals surface area (Å²) < 4.78 is 29.0. The van der Waals surface area contributed by atoms with Gasteiger partial charge in [0.15, 0.2) is 0 Å². The fourth-order valence-electron chi connectivity index (χ4n) is 5.75. The van der Waals surface area contributed by atoms with Crippen LogP contribution in [0.15, 0.2) is 65.5 Å². The van der Waals surface area contributed by atoms with Gasteiger partial charge in [-0.25, -0.2) is 13.8 Å². The monoisotopic (exact) mass is 526 g/mol. The molecule has 8 nitrogen and oxygen atoms in total. The lowest BCUT2D eigenvalue weighted by Crippen LogP contribution is -2.64. The highest BCUT2D eigenvalue weighted by Gasteiger charge is 2.44. The average molecular weight is 527 g/mol. The van der Waals surface area contributed by atoms with Gasteiger partial charge in [-0.3, -0.25) is 14.5 Å². The van der Waals surface area contributed by atoms with Crippen molar-refractivity contribution in [1.82, 2.24) is 14.5 Å². The maximum absolute atomic E-state index is 13.8. The number of nitrogens with zero attached hydrogens (tertiary/aromatic N) is 5. The third kappa shape index (κ3) is 4.02. The molecule has 4 heterocycles. The minimum Gasteiger partial charge on any atom is -0.353 e. The number of pyridine rings is 2. The van der Waals surface area contributed by atoms with E-state index in [1.54, 1.807) is 43.4 Å². The predicted molar refractivity (Wildman–Crippen MR) is 142 cm³/mol. The van der Waals surface area contributed by atoms with Crippen LogP contribution in [0.5, 0.6) is 0 Å². The summed E-state index contributed by atoms with van der Waals surface area (Å²) in [6, 6.07) is 16.4. The van der Waals surface area contributed by atoms with E-state index in [4.69, 9.17) is 0 Å². The van der Waals surface area contributed by atoms with Crippen LogP contribution < -0.4 is 15.8 Å². The zero-order valence-electron chi connectivity index (χ0n) is 21.2. The number of carbonyl (C=O) groups is 1. The van der Waals surface area contributed by atoms with Crippen LogP contribution in [0.4, 0.5) is 20.2 Å². The van der Waals surface area contributed by atoms with Crippen molar-refractivity contribution in [2.45, 2.75) is 25.0 Å². The van der Waals surface area contributed by atoms with E-state index >= 15 is 0 Å². The second-order valence-corrected chi connectivity index (χ2v) is 9.97. The van der Waals surface area contributed by atoms with Crippen molar-refractivity contribution in [1.29, 1.82) is 5.26 Å². The number of aromatic nitrogens is 2. The summed E-state index contributed by atoms with van der Waals surface area (Å²) in [5.41, 5.74) is 3.12. The standard InChI is InChI=1S/C29H24F2N6O2/c1-16-14-37-23(15-36(16)26(17-3-7-19(30)8-4-17)18-5-9-20(31)10-6-18)28(38)34-25-27(37)24-22(35(2)29(25)39)12-11-21(13-32)33-24/h3-12,16,23,26H,14-15H2,1-2H3,(H,34,38)/t16-,23-/m1/s1. The zero-order chi connectivity index (χ0) is 27.4. The van der Waals surface area contributed by atoms with Crippen molar-refractivity contribution in [3.05, 3.63) is 99.5 Å². The Balaban J connectivity index is 1.47. The van der Waals surface area contributed by atoms with Crippen LogP contribution in [0.1, 0.15) is 29.8 Å². The summed E-state index contributed by atoms with van der Waals surface area (Å²) in [5, 5.41) is 12.3. The van der Waals surface area contributed by atoms with Gasteiger partial charge in [0, 0.05) is 26.2 Å². The number of anilines is 2. The number of nitrogens with one attached hydrogen (secondary N) is 1. The smallest absolute Gasteiger partial charge is 0.276 e. The Bertz CT molecular complexity index is 1670. The Kier molecular flexibility index (Phi) is 5.88. The van der Waals surface area contributed by atoms with E-state index in [0.29, 0.717) is 23.3 Å². The Morgan fingerprint density at radius 1 is 0.974 bits per heavy atom.